The van der Waals surface area contributed by atoms with Gasteiger partial charge in [-0.15, -0.1) is 0 Å². The largest absolute Gasteiger partial charge is 0.433 e. The van der Waals surface area contributed by atoms with Crippen LogP contribution in [0.4, 0.5) is 0 Å². The van der Waals surface area contributed by atoms with Crippen LogP contribution in [-0.4, -0.2) is 18.3 Å². The van der Waals surface area contributed by atoms with E-state index in [1.165, 1.54) is 0 Å². The Bertz CT molecular complexity index is 167. The van der Waals surface area contributed by atoms with Crippen LogP contribution in [0.25, 0.3) is 0 Å². The molecule has 0 aliphatic heterocycles. The van der Waals surface area contributed by atoms with Gasteiger partial charge in [0.1, 0.15) is 12.7 Å². The minimum atomic E-state index is -0.200. The Morgan fingerprint density at radius 3 is 2.78 bits per heavy atom. The molecule has 0 aliphatic carbocycles. The molecule has 0 aromatic carbocycles. The van der Waals surface area contributed by atoms with E-state index in [0.717, 1.165) is 0 Å². The van der Waals surface area contributed by atoms with Crippen LogP contribution in [0.15, 0.2) is 0 Å². The molecule has 0 saturated carbocycles. The number of aliphatic hydroxyl groups excluding tert-OH is 1. The monoisotopic (exact) mass is 144 g/mol. The molecule has 1 N–H and O–H groups in total. The smallest absolute Gasteiger partial charge is 0.162 e. The van der Waals surface area contributed by atoms with Gasteiger partial charge in [-0.3, -0.25) is 0 Å². The van der Waals surface area contributed by atoms with Crippen molar-refractivity contribution < 1.29 is 9.84 Å². The van der Waals surface area contributed by atoms with E-state index in [1.54, 1.807) is 0 Å². The van der Waals surface area contributed by atoms with Gasteiger partial charge in [0.2, 0.25) is 0 Å². The molecule has 0 fully saturated rings. The minimum Gasteiger partial charge on any atom is -0.433 e. The normalized spacial score (nSPS) is 6.00. The second-order valence-corrected chi connectivity index (χ2v) is 1.19. The van der Waals surface area contributed by atoms with E-state index in [2.05, 4.69) is 28.1 Å². The van der Waals surface area contributed by atoms with Crippen LogP contribution in [0.2, 0.25) is 0 Å². The third kappa shape index (κ3) is 7.17. The van der Waals surface area contributed by atoms with Crippen molar-refractivity contribution in [1.82, 2.24) is 0 Å². The Morgan fingerprint density at radius 2 is 2.22 bits per heavy atom. The Labute approximate surface area is 58.8 Å². The lowest BCUT2D eigenvalue weighted by Gasteiger charge is -1.82. The fourth-order valence-electron chi connectivity index (χ4n) is 0.183. The summed E-state index contributed by atoms with van der Waals surface area (Å²) in [6.07, 6.45) is 2.21. The van der Waals surface area contributed by atoms with Crippen LogP contribution in [0.1, 0.15) is 0 Å². The van der Waals surface area contributed by atoms with Crippen molar-refractivity contribution in [2.24, 2.45) is 0 Å². The van der Waals surface area contributed by atoms with Crippen LogP contribution in [-0.2, 0) is 4.74 Å². The summed E-state index contributed by atoms with van der Waals surface area (Å²) in [5, 5.41) is 10.2. The number of rotatable bonds is 1. The maximum atomic E-state index is 8.11. The van der Waals surface area contributed by atoms with Gasteiger partial charge in [-0.05, 0) is 23.4 Å². The lowest BCUT2D eigenvalue weighted by Crippen LogP contribution is -1.81. The summed E-state index contributed by atoms with van der Waals surface area (Å²) < 4.78 is 4.54. The van der Waals surface area contributed by atoms with Gasteiger partial charge in [0.05, 0.1) is 0 Å². The molecule has 3 heteroatoms. The average Bonchev–Trinajstić information content (AvgIpc) is 1.89. The van der Waals surface area contributed by atoms with Gasteiger partial charge in [-0.1, -0.05) is 0 Å². The molecule has 0 atom stereocenters. The predicted octanol–water partition coefficient (Wildman–Crippen LogP) is 0.156. The standard InChI is InChI=1S/C6H5ClO2/c7-3-1-5-9-6-2-4-8/h8H,4-5H2. The summed E-state index contributed by atoms with van der Waals surface area (Å²) in [7, 11) is 0. The fraction of sp³-hybridized carbons (Fsp3) is 0.333. The quantitative estimate of drug-likeness (QED) is 0.420. The van der Waals surface area contributed by atoms with Gasteiger partial charge in [-0.25, -0.2) is 0 Å². The number of hydrogen-bond donors (Lipinski definition) is 1. The molecule has 9 heavy (non-hydrogen) atoms. The first-order chi connectivity index (χ1) is 4.41. The third-order valence-corrected chi connectivity index (χ3v) is 0.568. The zero-order valence-corrected chi connectivity index (χ0v) is 5.40. The molecular weight excluding hydrogens is 140 g/mol. The highest BCUT2D eigenvalue weighted by Crippen LogP contribution is 1.68. The summed E-state index contributed by atoms with van der Waals surface area (Å²) in [5.41, 5.74) is 0. The van der Waals surface area contributed by atoms with Crippen LogP contribution in [0.3, 0.4) is 0 Å². The minimum absolute atomic E-state index is 0.177. The molecular formula is C6H5ClO2. The van der Waals surface area contributed by atoms with Crippen LogP contribution in [0.5, 0.6) is 0 Å². The highest BCUT2D eigenvalue weighted by Gasteiger charge is 1.68. The zero-order valence-electron chi connectivity index (χ0n) is 4.65. The summed E-state index contributed by atoms with van der Waals surface area (Å²) >= 11 is 4.98. The summed E-state index contributed by atoms with van der Waals surface area (Å²) in [4.78, 5) is 0. The van der Waals surface area contributed by atoms with Gasteiger partial charge < -0.3 is 9.84 Å². The van der Waals surface area contributed by atoms with E-state index < -0.39 is 0 Å². The van der Waals surface area contributed by atoms with E-state index >= 15 is 0 Å². The van der Waals surface area contributed by atoms with E-state index in [4.69, 9.17) is 16.7 Å². The van der Waals surface area contributed by atoms with Crippen molar-refractivity contribution in [3.63, 3.8) is 0 Å². The topological polar surface area (TPSA) is 29.5 Å². The molecule has 0 aromatic heterocycles. The fourth-order valence-corrected chi connectivity index (χ4v) is 0.237. The molecule has 0 spiro atoms. The molecule has 0 radical (unpaired) electrons. The second-order valence-electron chi connectivity index (χ2n) is 0.997. The van der Waals surface area contributed by atoms with Gasteiger partial charge in [0.15, 0.2) is 6.61 Å². The average molecular weight is 145 g/mol. The van der Waals surface area contributed by atoms with Gasteiger partial charge >= 0.3 is 0 Å². The maximum absolute atomic E-state index is 8.11. The van der Waals surface area contributed by atoms with Crippen LogP contribution < -0.4 is 0 Å². The molecule has 0 bridgehead atoms. The summed E-state index contributed by atoms with van der Waals surface area (Å²) in [5.74, 6) is 4.70. The zero-order chi connectivity index (χ0) is 6.95. The van der Waals surface area contributed by atoms with Crippen LogP contribution >= 0.6 is 11.6 Å². The molecule has 0 aliphatic rings. The molecule has 0 rings (SSSR count). The first-order valence-electron chi connectivity index (χ1n) is 2.21. The second kappa shape index (κ2) is 7.17. The van der Waals surface area contributed by atoms with Crippen molar-refractivity contribution in [3.8, 4) is 23.3 Å². The molecule has 0 saturated heterocycles. The lowest BCUT2D eigenvalue weighted by molar-refractivity contribution is 0.319. The number of aliphatic hydroxyl groups is 1. The van der Waals surface area contributed by atoms with E-state index in [-0.39, 0.29) is 13.2 Å². The Hall–Kier alpha value is -0.830. The molecule has 0 aromatic rings. The number of ether oxygens (including phenoxy) is 1. The Kier molecular flexibility index (Phi) is 6.51. The van der Waals surface area contributed by atoms with Crippen molar-refractivity contribution in [2.75, 3.05) is 13.2 Å². The number of halogens is 1. The maximum Gasteiger partial charge on any atom is 0.162 e. The third-order valence-electron chi connectivity index (χ3n) is 0.435. The van der Waals surface area contributed by atoms with Crippen molar-refractivity contribution in [1.29, 1.82) is 0 Å². The highest BCUT2D eigenvalue weighted by atomic mass is 35.5. The van der Waals surface area contributed by atoms with Crippen molar-refractivity contribution in [3.05, 3.63) is 0 Å². The van der Waals surface area contributed by atoms with Gasteiger partial charge in [0, 0.05) is 5.38 Å². The summed E-state index contributed by atoms with van der Waals surface area (Å²) in [6.45, 7) is -0.0230. The van der Waals surface area contributed by atoms with Crippen molar-refractivity contribution >= 4 is 11.6 Å². The van der Waals surface area contributed by atoms with Gasteiger partial charge in [0.25, 0.3) is 0 Å². The van der Waals surface area contributed by atoms with E-state index in [0.29, 0.717) is 0 Å². The number of hydrogen-bond acceptors (Lipinski definition) is 2. The molecule has 48 valence electrons. The highest BCUT2D eigenvalue weighted by molar-refractivity contribution is 6.30. The molecule has 0 unspecified atom stereocenters. The van der Waals surface area contributed by atoms with E-state index in [1.807, 2.05) is 0 Å². The Balaban J connectivity index is 3.15. The molecule has 2 nitrogen and oxygen atoms in total. The molecule has 0 amide bonds. The van der Waals surface area contributed by atoms with Crippen molar-refractivity contribution in [2.45, 2.75) is 0 Å². The first-order valence-corrected chi connectivity index (χ1v) is 2.58. The predicted molar refractivity (Wildman–Crippen MR) is 34.4 cm³/mol. The van der Waals surface area contributed by atoms with E-state index in [9.17, 15) is 0 Å². The lowest BCUT2D eigenvalue weighted by atomic mass is 10.7. The van der Waals surface area contributed by atoms with Gasteiger partial charge in [-0.2, -0.15) is 0 Å². The van der Waals surface area contributed by atoms with Crippen LogP contribution in [0, 0.1) is 23.3 Å². The Morgan fingerprint density at radius 1 is 1.44 bits per heavy atom. The molecule has 0 heterocycles. The summed E-state index contributed by atoms with van der Waals surface area (Å²) in [6, 6.07) is 0. The SMILES string of the molecule is OCC#COCC#CCl. The first kappa shape index (κ1) is 8.17.